The third-order valence-electron chi connectivity index (χ3n) is 4.40. The molecule has 11 heteroatoms. The van der Waals surface area contributed by atoms with E-state index in [4.69, 9.17) is 4.52 Å². The molecule has 0 unspecified atom stereocenters. The van der Waals surface area contributed by atoms with Crippen molar-refractivity contribution in [2.24, 2.45) is 5.92 Å². The summed E-state index contributed by atoms with van der Waals surface area (Å²) < 4.78 is 30.0. The Kier molecular flexibility index (Phi) is 5.49. The summed E-state index contributed by atoms with van der Waals surface area (Å²) in [5, 5.41) is 24.7. The highest BCUT2D eigenvalue weighted by Gasteiger charge is 2.38. The lowest BCUT2D eigenvalue weighted by molar-refractivity contribution is -0.125. The number of aliphatic hydroxyl groups excluding tert-OH is 1. The number of hydrogen-bond acceptors (Lipinski definition) is 6. The number of hydrogen-bond donors (Lipinski definition) is 4. The lowest BCUT2D eigenvalue weighted by atomic mass is 10.1. The van der Waals surface area contributed by atoms with Crippen molar-refractivity contribution in [2.45, 2.75) is 44.9 Å². The summed E-state index contributed by atoms with van der Waals surface area (Å²) in [6.07, 6.45) is -3.29. The molecule has 1 fully saturated rings. The van der Waals surface area contributed by atoms with E-state index in [1.807, 2.05) is 0 Å². The summed E-state index contributed by atoms with van der Waals surface area (Å²) in [5.41, 5.74) is -0.0862. The standard InChI is InChI=1S/C16H19F2N5O4/c1-7-2-9(23-27-7)6-19-15(25)8-3-10(13(24)4-8)20-16(26)12-5-11(14(17)18)21-22-12/h2,5,8,10,13-14,24H,3-4,6H2,1H3,(H,19,25)(H,20,26)(H,21,22)/t8-,10+,13+/m0/s1. The van der Waals surface area contributed by atoms with Crippen molar-refractivity contribution in [1.82, 2.24) is 26.0 Å². The second kappa shape index (κ2) is 7.82. The Bertz CT molecular complexity index is 821. The van der Waals surface area contributed by atoms with Gasteiger partial charge in [-0.25, -0.2) is 8.78 Å². The Morgan fingerprint density at radius 1 is 1.41 bits per heavy atom. The summed E-state index contributed by atoms with van der Waals surface area (Å²) in [6.45, 7) is 1.94. The highest BCUT2D eigenvalue weighted by molar-refractivity contribution is 5.92. The highest BCUT2D eigenvalue weighted by Crippen LogP contribution is 2.27. The van der Waals surface area contributed by atoms with Gasteiger partial charge in [0.2, 0.25) is 5.91 Å². The fourth-order valence-electron chi connectivity index (χ4n) is 3.02. The molecule has 2 amide bonds. The molecule has 0 radical (unpaired) electrons. The summed E-state index contributed by atoms with van der Waals surface area (Å²) in [6, 6.07) is 1.98. The first kappa shape index (κ1) is 19.0. The number of aromatic amines is 1. The molecule has 0 aromatic carbocycles. The zero-order valence-electron chi connectivity index (χ0n) is 14.4. The number of aromatic nitrogens is 3. The number of alkyl halides is 2. The van der Waals surface area contributed by atoms with Crippen LogP contribution in [0.2, 0.25) is 0 Å². The van der Waals surface area contributed by atoms with E-state index in [9.17, 15) is 23.5 Å². The van der Waals surface area contributed by atoms with Crippen molar-refractivity contribution in [1.29, 1.82) is 0 Å². The molecule has 146 valence electrons. The van der Waals surface area contributed by atoms with Gasteiger partial charge in [-0.2, -0.15) is 5.10 Å². The van der Waals surface area contributed by atoms with Crippen LogP contribution >= 0.6 is 0 Å². The topological polar surface area (TPSA) is 133 Å². The third kappa shape index (κ3) is 4.48. The number of nitrogens with zero attached hydrogens (tertiary/aromatic N) is 2. The number of H-pyrrole nitrogens is 1. The van der Waals surface area contributed by atoms with Crippen LogP contribution in [0.25, 0.3) is 0 Å². The second-order valence-electron chi connectivity index (χ2n) is 6.47. The van der Waals surface area contributed by atoms with E-state index in [0.29, 0.717) is 11.5 Å². The first-order chi connectivity index (χ1) is 12.8. The number of amides is 2. The molecule has 27 heavy (non-hydrogen) atoms. The van der Waals surface area contributed by atoms with E-state index in [-0.39, 0.29) is 31.0 Å². The van der Waals surface area contributed by atoms with Crippen LogP contribution in [0, 0.1) is 12.8 Å². The van der Waals surface area contributed by atoms with Crippen molar-refractivity contribution in [3.8, 4) is 0 Å². The highest BCUT2D eigenvalue weighted by atomic mass is 19.3. The SMILES string of the molecule is Cc1cc(CNC(=O)[C@@H]2C[C@@H](O)[C@H](NC(=O)c3cc(C(F)F)[nH]n3)C2)no1. The summed E-state index contributed by atoms with van der Waals surface area (Å²) in [7, 11) is 0. The van der Waals surface area contributed by atoms with Gasteiger partial charge in [-0.3, -0.25) is 14.7 Å². The minimum absolute atomic E-state index is 0.178. The maximum atomic E-state index is 12.5. The largest absolute Gasteiger partial charge is 0.391 e. The summed E-state index contributed by atoms with van der Waals surface area (Å²) in [5.74, 6) is -0.826. The molecule has 0 aliphatic heterocycles. The van der Waals surface area contributed by atoms with E-state index in [1.165, 1.54) is 0 Å². The van der Waals surface area contributed by atoms with Gasteiger partial charge in [-0.05, 0) is 25.8 Å². The van der Waals surface area contributed by atoms with Crippen LogP contribution in [0.5, 0.6) is 0 Å². The number of rotatable bonds is 6. The quantitative estimate of drug-likeness (QED) is 0.584. The monoisotopic (exact) mass is 383 g/mol. The molecule has 2 aromatic heterocycles. The van der Waals surface area contributed by atoms with Crippen LogP contribution in [0.15, 0.2) is 16.7 Å². The fraction of sp³-hybridized carbons (Fsp3) is 0.500. The van der Waals surface area contributed by atoms with Gasteiger partial charge in [-0.1, -0.05) is 5.16 Å². The number of aliphatic hydroxyl groups is 1. The first-order valence-electron chi connectivity index (χ1n) is 8.35. The van der Waals surface area contributed by atoms with E-state index in [1.54, 1.807) is 13.0 Å². The van der Waals surface area contributed by atoms with E-state index in [0.717, 1.165) is 6.07 Å². The van der Waals surface area contributed by atoms with Crippen molar-refractivity contribution in [2.75, 3.05) is 0 Å². The second-order valence-corrected chi connectivity index (χ2v) is 6.47. The minimum atomic E-state index is -2.77. The normalized spacial score (nSPS) is 22.2. The summed E-state index contributed by atoms with van der Waals surface area (Å²) in [4.78, 5) is 24.4. The minimum Gasteiger partial charge on any atom is -0.391 e. The Balaban J connectivity index is 1.52. The maximum absolute atomic E-state index is 12.5. The zero-order valence-corrected chi connectivity index (χ0v) is 14.4. The summed E-state index contributed by atoms with van der Waals surface area (Å²) >= 11 is 0. The Labute approximate surface area is 152 Å². The molecule has 0 bridgehead atoms. The number of aryl methyl sites for hydroxylation is 1. The van der Waals surface area contributed by atoms with Gasteiger partial charge in [-0.15, -0.1) is 0 Å². The molecule has 2 heterocycles. The molecular weight excluding hydrogens is 364 g/mol. The maximum Gasteiger partial charge on any atom is 0.279 e. The van der Waals surface area contributed by atoms with Crippen LogP contribution in [-0.2, 0) is 11.3 Å². The van der Waals surface area contributed by atoms with Crippen molar-refractivity contribution >= 4 is 11.8 Å². The van der Waals surface area contributed by atoms with Crippen molar-refractivity contribution in [3.63, 3.8) is 0 Å². The third-order valence-corrected chi connectivity index (χ3v) is 4.40. The molecular formula is C16H19F2N5O4. The predicted octanol–water partition coefficient (Wildman–Crippen LogP) is 0.829. The molecule has 1 aliphatic carbocycles. The van der Waals surface area contributed by atoms with Gasteiger partial charge in [0.05, 0.1) is 18.7 Å². The molecule has 0 saturated heterocycles. The molecule has 9 nitrogen and oxygen atoms in total. The predicted molar refractivity (Wildman–Crippen MR) is 86.6 cm³/mol. The lowest BCUT2D eigenvalue weighted by Crippen LogP contribution is -2.40. The molecule has 4 N–H and O–H groups in total. The van der Waals surface area contributed by atoms with Crippen molar-refractivity contribution in [3.05, 3.63) is 35.0 Å². The lowest BCUT2D eigenvalue weighted by Gasteiger charge is -2.15. The molecule has 3 atom stereocenters. The first-order valence-corrected chi connectivity index (χ1v) is 8.35. The molecule has 1 saturated carbocycles. The molecule has 1 aliphatic rings. The van der Waals surface area contributed by atoms with Crippen LogP contribution in [0.1, 0.15) is 46.9 Å². The van der Waals surface area contributed by atoms with Crippen LogP contribution in [0.4, 0.5) is 8.78 Å². The number of halogens is 2. The van der Waals surface area contributed by atoms with E-state index in [2.05, 4.69) is 26.0 Å². The number of carbonyl (C=O) groups is 2. The average Bonchev–Trinajstić information content (AvgIpc) is 3.33. The van der Waals surface area contributed by atoms with Gasteiger partial charge < -0.3 is 20.3 Å². The van der Waals surface area contributed by atoms with Crippen LogP contribution < -0.4 is 10.6 Å². The van der Waals surface area contributed by atoms with Gasteiger partial charge in [0.15, 0.2) is 0 Å². The average molecular weight is 383 g/mol. The Morgan fingerprint density at radius 3 is 2.81 bits per heavy atom. The van der Waals surface area contributed by atoms with Crippen LogP contribution in [-0.4, -0.2) is 44.4 Å². The Hall–Kier alpha value is -2.82. The molecule has 0 spiro atoms. The number of carbonyl (C=O) groups excluding carboxylic acids is 2. The van der Waals surface area contributed by atoms with Gasteiger partial charge in [0.25, 0.3) is 12.3 Å². The van der Waals surface area contributed by atoms with E-state index < -0.39 is 36.1 Å². The van der Waals surface area contributed by atoms with Crippen molar-refractivity contribution < 1.29 is 28.0 Å². The molecule has 2 aromatic rings. The van der Waals surface area contributed by atoms with Gasteiger partial charge in [0.1, 0.15) is 22.8 Å². The van der Waals surface area contributed by atoms with Gasteiger partial charge in [0, 0.05) is 12.0 Å². The fourth-order valence-corrected chi connectivity index (χ4v) is 3.02. The number of nitrogens with one attached hydrogen (secondary N) is 3. The van der Waals surface area contributed by atoms with E-state index >= 15 is 0 Å². The zero-order chi connectivity index (χ0) is 19.6. The molecule has 3 rings (SSSR count). The Morgan fingerprint density at radius 2 is 2.19 bits per heavy atom. The van der Waals surface area contributed by atoms with Crippen LogP contribution in [0.3, 0.4) is 0 Å². The van der Waals surface area contributed by atoms with Gasteiger partial charge >= 0.3 is 0 Å². The smallest absolute Gasteiger partial charge is 0.279 e.